The fraction of sp³-hybridized carbons (Fsp3) is 0.235. The van der Waals surface area contributed by atoms with Gasteiger partial charge in [0.15, 0.2) is 0 Å². The van der Waals surface area contributed by atoms with Crippen LogP contribution in [0.15, 0.2) is 54.9 Å². The van der Waals surface area contributed by atoms with Gasteiger partial charge in [0.1, 0.15) is 11.6 Å². The SMILES string of the molecule is COCc1nnc(NC(=O)CC(c2ccccc2)n2cccc2)s1. The largest absolute Gasteiger partial charge is 0.377 e. The molecule has 2 heterocycles. The molecule has 0 bridgehead atoms. The molecule has 2 aromatic heterocycles. The average molecular weight is 342 g/mol. The van der Waals surface area contributed by atoms with Gasteiger partial charge in [-0.15, -0.1) is 10.2 Å². The van der Waals surface area contributed by atoms with E-state index in [4.69, 9.17) is 4.74 Å². The molecule has 7 heteroatoms. The van der Waals surface area contributed by atoms with Crippen LogP contribution in [0.25, 0.3) is 0 Å². The summed E-state index contributed by atoms with van der Waals surface area (Å²) in [6.45, 7) is 0.392. The number of ether oxygens (including phenoxy) is 1. The van der Waals surface area contributed by atoms with Gasteiger partial charge in [0.25, 0.3) is 0 Å². The fourth-order valence-electron chi connectivity index (χ4n) is 2.46. The second-order valence-electron chi connectivity index (χ2n) is 5.24. The summed E-state index contributed by atoms with van der Waals surface area (Å²) in [6, 6.07) is 13.8. The maximum Gasteiger partial charge on any atom is 0.228 e. The van der Waals surface area contributed by atoms with Crippen molar-refractivity contribution in [3.63, 3.8) is 0 Å². The minimum atomic E-state index is -0.0994. The van der Waals surface area contributed by atoms with Gasteiger partial charge < -0.3 is 14.6 Å². The molecular weight excluding hydrogens is 324 g/mol. The zero-order chi connectivity index (χ0) is 16.8. The molecule has 0 aliphatic rings. The van der Waals surface area contributed by atoms with Gasteiger partial charge in [-0.2, -0.15) is 0 Å². The number of rotatable bonds is 7. The summed E-state index contributed by atoms with van der Waals surface area (Å²) in [5.74, 6) is -0.0994. The molecule has 3 aromatic rings. The molecule has 1 amide bonds. The number of carbonyl (C=O) groups is 1. The zero-order valence-corrected chi connectivity index (χ0v) is 14.1. The number of nitrogens with zero attached hydrogens (tertiary/aromatic N) is 3. The molecule has 0 fully saturated rings. The third-order valence-electron chi connectivity index (χ3n) is 3.53. The normalized spacial score (nSPS) is 12.0. The molecule has 24 heavy (non-hydrogen) atoms. The standard InChI is InChI=1S/C17H18N4O2S/c1-23-12-16-19-20-17(24-16)18-15(22)11-14(21-9-5-6-10-21)13-7-3-2-4-8-13/h2-10,14H,11-12H2,1H3,(H,18,20,22). The molecule has 6 nitrogen and oxygen atoms in total. The van der Waals surface area contributed by atoms with Crippen molar-refractivity contribution >= 4 is 22.4 Å². The lowest BCUT2D eigenvalue weighted by Gasteiger charge is -2.18. The second-order valence-corrected chi connectivity index (χ2v) is 6.31. The average Bonchev–Trinajstić information content (AvgIpc) is 3.26. The van der Waals surface area contributed by atoms with E-state index in [9.17, 15) is 4.79 Å². The zero-order valence-electron chi connectivity index (χ0n) is 13.3. The summed E-state index contributed by atoms with van der Waals surface area (Å²) in [6.07, 6.45) is 4.25. The fourth-order valence-corrected chi connectivity index (χ4v) is 3.19. The van der Waals surface area contributed by atoms with Crippen LogP contribution in [0.5, 0.6) is 0 Å². The molecule has 1 N–H and O–H groups in total. The van der Waals surface area contributed by atoms with Crippen LogP contribution in [0.1, 0.15) is 23.0 Å². The Kier molecular flexibility index (Phi) is 5.35. The number of hydrogen-bond donors (Lipinski definition) is 1. The van der Waals surface area contributed by atoms with Crippen LogP contribution in [-0.2, 0) is 16.1 Å². The van der Waals surface area contributed by atoms with Crippen molar-refractivity contribution in [1.29, 1.82) is 0 Å². The van der Waals surface area contributed by atoms with E-state index in [2.05, 4.69) is 15.5 Å². The first-order valence-corrected chi connectivity index (χ1v) is 8.36. The highest BCUT2D eigenvalue weighted by Gasteiger charge is 2.18. The van der Waals surface area contributed by atoms with Gasteiger partial charge in [-0.25, -0.2) is 0 Å². The quantitative estimate of drug-likeness (QED) is 0.716. The molecule has 1 aromatic carbocycles. The Morgan fingerprint density at radius 2 is 1.96 bits per heavy atom. The number of aromatic nitrogens is 3. The number of nitrogens with one attached hydrogen (secondary N) is 1. The van der Waals surface area contributed by atoms with Gasteiger partial charge in [-0.05, 0) is 17.7 Å². The first-order chi connectivity index (χ1) is 11.8. The monoisotopic (exact) mass is 342 g/mol. The van der Waals surface area contributed by atoms with Crippen molar-refractivity contribution in [2.24, 2.45) is 0 Å². The Hall–Kier alpha value is -2.51. The van der Waals surface area contributed by atoms with Crippen molar-refractivity contribution in [2.75, 3.05) is 12.4 Å². The van der Waals surface area contributed by atoms with Crippen molar-refractivity contribution < 1.29 is 9.53 Å². The lowest BCUT2D eigenvalue weighted by Crippen LogP contribution is -2.19. The smallest absolute Gasteiger partial charge is 0.228 e. The number of amides is 1. The van der Waals surface area contributed by atoms with Gasteiger partial charge >= 0.3 is 0 Å². The topological polar surface area (TPSA) is 69.0 Å². The van der Waals surface area contributed by atoms with Crippen LogP contribution in [0.4, 0.5) is 5.13 Å². The van der Waals surface area contributed by atoms with Gasteiger partial charge in [-0.3, -0.25) is 4.79 Å². The van der Waals surface area contributed by atoms with Crippen LogP contribution < -0.4 is 5.32 Å². The predicted molar refractivity (Wildman–Crippen MR) is 92.9 cm³/mol. The van der Waals surface area contributed by atoms with Gasteiger partial charge in [-0.1, -0.05) is 41.7 Å². The maximum atomic E-state index is 12.4. The lowest BCUT2D eigenvalue weighted by atomic mass is 10.0. The highest BCUT2D eigenvalue weighted by molar-refractivity contribution is 7.15. The van der Waals surface area contributed by atoms with Crippen LogP contribution in [0.2, 0.25) is 0 Å². The molecular formula is C17H18N4O2S. The Morgan fingerprint density at radius 1 is 1.21 bits per heavy atom. The highest BCUT2D eigenvalue weighted by Crippen LogP contribution is 2.23. The highest BCUT2D eigenvalue weighted by atomic mass is 32.1. The summed E-state index contributed by atoms with van der Waals surface area (Å²) in [5, 5.41) is 12.0. The molecule has 0 aliphatic heterocycles. The first-order valence-electron chi connectivity index (χ1n) is 7.55. The van der Waals surface area contributed by atoms with Crippen molar-refractivity contribution in [1.82, 2.24) is 14.8 Å². The van der Waals surface area contributed by atoms with Crippen LogP contribution in [-0.4, -0.2) is 27.8 Å². The van der Waals surface area contributed by atoms with E-state index >= 15 is 0 Å². The maximum absolute atomic E-state index is 12.4. The van der Waals surface area contributed by atoms with E-state index in [1.165, 1.54) is 11.3 Å². The van der Waals surface area contributed by atoms with Gasteiger partial charge in [0.2, 0.25) is 11.0 Å². The van der Waals surface area contributed by atoms with Crippen LogP contribution >= 0.6 is 11.3 Å². The summed E-state index contributed by atoms with van der Waals surface area (Å²) in [4.78, 5) is 12.4. The van der Waals surface area contributed by atoms with Gasteiger partial charge in [0.05, 0.1) is 12.5 Å². The number of anilines is 1. The van der Waals surface area contributed by atoms with E-state index in [1.807, 2.05) is 59.4 Å². The minimum absolute atomic E-state index is 0.0624. The molecule has 3 rings (SSSR count). The third kappa shape index (κ3) is 4.06. The molecule has 0 aliphatic carbocycles. The number of carbonyl (C=O) groups excluding carboxylic acids is 1. The second kappa shape index (κ2) is 7.85. The predicted octanol–water partition coefficient (Wildman–Crippen LogP) is 3.10. The Balaban J connectivity index is 1.71. The number of hydrogen-bond acceptors (Lipinski definition) is 5. The van der Waals surface area contributed by atoms with E-state index in [1.54, 1.807) is 7.11 Å². The number of methoxy groups -OCH3 is 1. The van der Waals surface area contributed by atoms with Crippen molar-refractivity contribution in [3.05, 3.63) is 65.4 Å². The first kappa shape index (κ1) is 16.4. The van der Waals surface area contributed by atoms with E-state index in [-0.39, 0.29) is 11.9 Å². The summed E-state index contributed by atoms with van der Waals surface area (Å²) in [5.41, 5.74) is 1.08. The molecule has 0 saturated heterocycles. The van der Waals surface area contributed by atoms with Crippen LogP contribution in [0, 0.1) is 0 Å². The van der Waals surface area contributed by atoms with E-state index in [0.29, 0.717) is 18.2 Å². The Labute approximate surface area is 144 Å². The van der Waals surface area contributed by atoms with Gasteiger partial charge in [0, 0.05) is 19.5 Å². The molecule has 1 atom stereocenters. The molecule has 0 saturated carbocycles. The summed E-state index contributed by atoms with van der Waals surface area (Å²) in [7, 11) is 1.60. The number of benzene rings is 1. The molecule has 0 radical (unpaired) electrons. The van der Waals surface area contributed by atoms with Crippen molar-refractivity contribution in [2.45, 2.75) is 19.1 Å². The van der Waals surface area contributed by atoms with Crippen molar-refractivity contribution in [3.8, 4) is 0 Å². The van der Waals surface area contributed by atoms with Crippen LogP contribution in [0.3, 0.4) is 0 Å². The summed E-state index contributed by atoms with van der Waals surface area (Å²) >= 11 is 1.32. The minimum Gasteiger partial charge on any atom is -0.377 e. The van der Waals surface area contributed by atoms with E-state index in [0.717, 1.165) is 10.6 Å². The third-order valence-corrected chi connectivity index (χ3v) is 4.34. The molecule has 124 valence electrons. The lowest BCUT2D eigenvalue weighted by molar-refractivity contribution is -0.116. The summed E-state index contributed by atoms with van der Waals surface area (Å²) < 4.78 is 7.04. The van der Waals surface area contributed by atoms with E-state index < -0.39 is 0 Å². The molecule has 1 unspecified atom stereocenters. The molecule has 0 spiro atoms. The Bertz CT molecular complexity index is 771. The Morgan fingerprint density at radius 3 is 2.67 bits per heavy atom.